The van der Waals surface area contributed by atoms with Crippen molar-refractivity contribution in [1.29, 1.82) is 0 Å². The van der Waals surface area contributed by atoms with E-state index >= 15 is 0 Å². The summed E-state index contributed by atoms with van der Waals surface area (Å²) in [6.07, 6.45) is 0.916. The van der Waals surface area contributed by atoms with E-state index in [1.165, 1.54) is 4.88 Å². The van der Waals surface area contributed by atoms with E-state index in [2.05, 4.69) is 23.3 Å². The molecule has 0 spiro atoms. The average molecular weight is 272 g/mol. The molecular formula is C15H16N2OS. The third kappa shape index (κ3) is 2.55. The van der Waals surface area contributed by atoms with Gasteiger partial charge in [-0.1, -0.05) is 24.3 Å². The highest BCUT2D eigenvalue weighted by Gasteiger charge is 2.13. The van der Waals surface area contributed by atoms with Gasteiger partial charge in [0.2, 0.25) is 0 Å². The van der Waals surface area contributed by atoms with Gasteiger partial charge >= 0.3 is 0 Å². The monoisotopic (exact) mass is 272 g/mol. The maximum atomic E-state index is 10.2. The van der Waals surface area contributed by atoms with Crippen LogP contribution in [0.1, 0.15) is 10.6 Å². The summed E-state index contributed by atoms with van der Waals surface area (Å²) in [5.41, 5.74) is 2.09. The summed E-state index contributed by atoms with van der Waals surface area (Å²) in [6.45, 7) is 0. The van der Waals surface area contributed by atoms with E-state index in [9.17, 15) is 5.11 Å². The van der Waals surface area contributed by atoms with Crippen molar-refractivity contribution in [3.8, 4) is 0 Å². The molecule has 0 fully saturated rings. The van der Waals surface area contributed by atoms with Crippen molar-refractivity contribution >= 4 is 22.2 Å². The fourth-order valence-electron chi connectivity index (χ4n) is 2.40. The smallest absolute Gasteiger partial charge is 0.0729 e. The molecule has 3 nitrogen and oxygen atoms in total. The summed E-state index contributed by atoms with van der Waals surface area (Å²) in [5.74, 6) is 0. The number of fused-ring (bicyclic) bond motifs is 1. The first-order valence-electron chi connectivity index (χ1n) is 6.35. The van der Waals surface area contributed by atoms with Crippen molar-refractivity contribution < 1.29 is 5.11 Å². The van der Waals surface area contributed by atoms with Crippen molar-refractivity contribution in [3.05, 3.63) is 52.3 Å². The highest BCUT2D eigenvalue weighted by atomic mass is 32.1. The van der Waals surface area contributed by atoms with Gasteiger partial charge in [-0.05, 0) is 17.5 Å². The molecule has 1 atom stereocenters. The molecule has 0 amide bonds. The molecule has 0 saturated heterocycles. The molecule has 2 heterocycles. The van der Waals surface area contributed by atoms with Crippen molar-refractivity contribution in [1.82, 2.24) is 9.78 Å². The molecule has 0 bridgehead atoms. The fraction of sp³-hybridized carbons (Fsp3) is 0.267. The number of nitrogens with zero attached hydrogens (tertiary/aromatic N) is 2. The van der Waals surface area contributed by atoms with Gasteiger partial charge in [-0.3, -0.25) is 4.68 Å². The number of hydrogen-bond acceptors (Lipinski definition) is 3. The largest absolute Gasteiger partial charge is 0.392 e. The van der Waals surface area contributed by atoms with Gasteiger partial charge in [-0.25, -0.2) is 0 Å². The lowest BCUT2D eigenvalue weighted by molar-refractivity contribution is 0.175. The molecule has 0 radical (unpaired) electrons. The number of benzene rings is 1. The molecule has 3 rings (SSSR count). The molecule has 1 unspecified atom stereocenters. The van der Waals surface area contributed by atoms with Crippen LogP contribution in [0.3, 0.4) is 0 Å². The van der Waals surface area contributed by atoms with Gasteiger partial charge in [0.1, 0.15) is 0 Å². The lowest BCUT2D eigenvalue weighted by Gasteiger charge is -2.07. The number of rotatable bonds is 4. The molecule has 0 aliphatic carbocycles. The Morgan fingerprint density at radius 1 is 1.21 bits per heavy atom. The van der Waals surface area contributed by atoms with Crippen LogP contribution in [0, 0.1) is 0 Å². The van der Waals surface area contributed by atoms with Crippen molar-refractivity contribution in [2.24, 2.45) is 7.05 Å². The van der Waals surface area contributed by atoms with Crippen molar-refractivity contribution in [2.75, 3.05) is 0 Å². The van der Waals surface area contributed by atoms with Gasteiger partial charge in [0.25, 0.3) is 0 Å². The zero-order chi connectivity index (χ0) is 13.2. The van der Waals surface area contributed by atoms with Crippen LogP contribution in [0.15, 0.2) is 41.8 Å². The zero-order valence-electron chi connectivity index (χ0n) is 10.8. The van der Waals surface area contributed by atoms with Crippen LogP contribution in [0.4, 0.5) is 0 Å². The Kier molecular flexibility index (Phi) is 3.36. The van der Waals surface area contributed by atoms with E-state index in [4.69, 9.17) is 0 Å². The molecule has 0 saturated carbocycles. The van der Waals surface area contributed by atoms with E-state index in [0.717, 1.165) is 16.6 Å². The number of aryl methyl sites for hydroxylation is 1. The molecule has 1 aromatic carbocycles. The molecule has 19 heavy (non-hydrogen) atoms. The predicted octanol–water partition coefficient (Wildman–Crippen LogP) is 2.78. The molecular weight excluding hydrogens is 256 g/mol. The Labute approximate surface area is 116 Å². The van der Waals surface area contributed by atoms with Gasteiger partial charge in [0, 0.05) is 30.2 Å². The Balaban J connectivity index is 1.81. The summed E-state index contributed by atoms with van der Waals surface area (Å²) in [7, 11) is 1.94. The first-order chi connectivity index (χ1) is 9.24. The van der Waals surface area contributed by atoms with Gasteiger partial charge in [-0.15, -0.1) is 11.3 Å². The standard InChI is InChI=1S/C15H16N2OS/c1-17-15-7-3-2-6-13(15)14(16-17)10-11(18)9-12-5-4-8-19-12/h2-8,11,18H,9-10H2,1H3. The first kappa shape index (κ1) is 12.4. The first-order valence-corrected chi connectivity index (χ1v) is 7.23. The van der Waals surface area contributed by atoms with E-state index < -0.39 is 0 Å². The SMILES string of the molecule is Cn1nc(CC(O)Cc2cccs2)c2ccccc21. The highest BCUT2D eigenvalue weighted by molar-refractivity contribution is 7.09. The summed E-state index contributed by atoms with van der Waals surface area (Å²) in [5, 5.41) is 17.9. The number of aromatic nitrogens is 2. The number of para-hydroxylation sites is 1. The summed E-state index contributed by atoms with van der Waals surface area (Å²) in [4.78, 5) is 1.22. The minimum atomic E-state index is -0.378. The molecule has 1 N–H and O–H groups in total. The van der Waals surface area contributed by atoms with Crippen LogP contribution in [-0.2, 0) is 19.9 Å². The second-order valence-electron chi connectivity index (χ2n) is 4.73. The van der Waals surface area contributed by atoms with Crippen LogP contribution in [-0.4, -0.2) is 21.0 Å². The maximum absolute atomic E-state index is 10.2. The molecule has 4 heteroatoms. The van der Waals surface area contributed by atoms with Crippen LogP contribution in [0.5, 0.6) is 0 Å². The highest BCUT2D eigenvalue weighted by Crippen LogP contribution is 2.20. The molecule has 3 aromatic rings. The minimum Gasteiger partial charge on any atom is -0.392 e. The van der Waals surface area contributed by atoms with Crippen LogP contribution in [0.2, 0.25) is 0 Å². The lowest BCUT2D eigenvalue weighted by Crippen LogP contribution is -2.13. The van der Waals surface area contributed by atoms with Gasteiger partial charge in [0.15, 0.2) is 0 Å². The number of thiophene rings is 1. The Morgan fingerprint density at radius 2 is 2.05 bits per heavy atom. The molecule has 0 aliphatic heterocycles. The van der Waals surface area contributed by atoms with Gasteiger partial charge in [0.05, 0.1) is 17.3 Å². The summed E-state index contributed by atoms with van der Waals surface area (Å²) >= 11 is 1.69. The second kappa shape index (κ2) is 5.15. The average Bonchev–Trinajstić information content (AvgIpc) is 3.00. The molecule has 0 aliphatic rings. The predicted molar refractivity (Wildman–Crippen MR) is 78.4 cm³/mol. The zero-order valence-corrected chi connectivity index (χ0v) is 11.6. The normalized spacial score (nSPS) is 12.9. The van der Waals surface area contributed by atoms with Crippen molar-refractivity contribution in [2.45, 2.75) is 18.9 Å². The molecule has 2 aromatic heterocycles. The Morgan fingerprint density at radius 3 is 2.84 bits per heavy atom. The Hall–Kier alpha value is -1.65. The van der Waals surface area contributed by atoms with E-state index in [1.54, 1.807) is 11.3 Å². The van der Waals surface area contributed by atoms with Crippen LogP contribution in [0.25, 0.3) is 10.9 Å². The van der Waals surface area contributed by atoms with Gasteiger partial charge < -0.3 is 5.11 Å². The topological polar surface area (TPSA) is 38.0 Å². The van der Waals surface area contributed by atoms with E-state index in [-0.39, 0.29) is 6.10 Å². The van der Waals surface area contributed by atoms with Crippen molar-refractivity contribution in [3.63, 3.8) is 0 Å². The maximum Gasteiger partial charge on any atom is 0.0729 e. The quantitative estimate of drug-likeness (QED) is 0.793. The lowest BCUT2D eigenvalue weighted by atomic mass is 10.1. The van der Waals surface area contributed by atoms with E-state index in [1.807, 2.05) is 35.3 Å². The minimum absolute atomic E-state index is 0.378. The van der Waals surface area contributed by atoms with E-state index in [0.29, 0.717) is 12.8 Å². The van der Waals surface area contributed by atoms with Crippen LogP contribution >= 0.6 is 11.3 Å². The fourth-order valence-corrected chi connectivity index (χ4v) is 3.17. The van der Waals surface area contributed by atoms with Gasteiger partial charge in [-0.2, -0.15) is 5.10 Å². The number of aliphatic hydroxyl groups excluding tert-OH is 1. The third-order valence-corrected chi connectivity index (χ3v) is 4.18. The third-order valence-electron chi connectivity index (χ3n) is 3.28. The summed E-state index contributed by atoms with van der Waals surface area (Å²) < 4.78 is 1.88. The second-order valence-corrected chi connectivity index (χ2v) is 5.76. The summed E-state index contributed by atoms with van der Waals surface area (Å²) in [6, 6.07) is 12.2. The van der Waals surface area contributed by atoms with Crippen LogP contribution < -0.4 is 0 Å². The molecule has 98 valence electrons. The Bertz CT molecular complexity index is 673. The number of aliphatic hydroxyl groups is 1. The number of hydrogen-bond donors (Lipinski definition) is 1.